The van der Waals surface area contributed by atoms with Gasteiger partial charge >= 0.3 is 7.60 Å². The van der Waals surface area contributed by atoms with Crippen LogP contribution in [0.25, 0.3) is 0 Å². The first-order valence-corrected chi connectivity index (χ1v) is 8.72. The van der Waals surface area contributed by atoms with Gasteiger partial charge in [-0.2, -0.15) is 0 Å². The number of nitrogens with zero attached hydrogens (tertiary/aromatic N) is 1. The first-order chi connectivity index (χ1) is 11.5. The van der Waals surface area contributed by atoms with Crippen LogP contribution in [0.15, 0.2) is 54.6 Å². The van der Waals surface area contributed by atoms with E-state index in [-0.39, 0.29) is 5.69 Å². The zero-order valence-corrected chi connectivity index (χ0v) is 14.0. The molecule has 0 radical (unpaired) electrons. The number of rotatable bonds is 6. The van der Waals surface area contributed by atoms with E-state index in [1.165, 1.54) is 26.4 Å². The molecule has 0 spiro atoms. The maximum Gasteiger partial charge on any atom is 0.369 e. The van der Waals surface area contributed by atoms with E-state index >= 15 is 0 Å². The third kappa shape index (κ3) is 2.46. The van der Waals surface area contributed by atoms with E-state index < -0.39 is 24.0 Å². The first kappa shape index (κ1) is 16.8. The Morgan fingerprint density at radius 3 is 2.17 bits per heavy atom. The van der Waals surface area contributed by atoms with Gasteiger partial charge in [-0.1, -0.05) is 30.3 Å². The Kier molecular flexibility index (Phi) is 4.27. The van der Waals surface area contributed by atoms with Crippen molar-refractivity contribution in [2.45, 2.75) is 11.4 Å². The van der Waals surface area contributed by atoms with Crippen molar-refractivity contribution in [2.75, 3.05) is 14.2 Å². The number of epoxide rings is 1. The van der Waals surface area contributed by atoms with E-state index in [9.17, 15) is 14.7 Å². The predicted molar refractivity (Wildman–Crippen MR) is 86.7 cm³/mol. The molecule has 126 valence electrons. The summed E-state index contributed by atoms with van der Waals surface area (Å²) in [5.41, 5.74) is 1.31. The molecule has 2 atom stereocenters. The lowest BCUT2D eigenvalue weighted by Gasteiger charge is -2.22. The SMILES string of the molecule is COP(=O)(OC)[C@@]1(c2ccccc2)O[C@H]1c1ccc([N+](=O)[O-])cc1. The second-order valence-electron chi connectivity index (χ2n) is 5.27. The monoisotopic (exact) mass is 349 g/mol. The molecular formula is C16H16NO6P. The minimum absolute atomic E-state index is 0.0219. The molecule has 2 aromatic rings. The van der Waals surface area contributed by atoms with Crippen LogP contribution >= 0.6 is 7.60 Å². The molecule has 1 saturated heterocycles. The number of benzene rings is 2. The topological polar surface area (TPSA) is 91.2 Å². The second-order valence-corrected chi connectivity index (χ2v) is 7.66. The van der Waals surface area contributed by atoms with Gasteiger partial charge in [0.1, 0.15) is 6.10 Å². The first-order valence-electron chi connectivity index (χ1n) is 7.18. The largest absolute Gasteiger partial charge is 0.369 e. The number of hydrogen-bond donors (Lipinski definition) is 0. The van der Waals surface area contributed by atoms with Gasteiger partial charge in [0.15, 0.2) is 0 Å². The molecule has 7 nitrogen and oxygen atoms in total. The summed E-state index contributed by atoms with van der Waals surface area (Å²) >= 11 is 0. The molecular weight excluding hydrogens is 333 g/mol. The Labute approximate surface area is 138 Å². The van der Waals surface area contributed by atoms with E-state index in [1.54, 1.807) is 36.4 Å². The molecule has 0 bridgehead atoms. The van der Waals surface area contributed by atoms with Gasteiger partial charge in [-0.25, -0.2) is 0 Å². The average molecular weight is 349 g/mol. The minimum Gasteiger partial charge on any atom is -0.343 e. The molecule has 1 heterocycles. The zero-order valence-electron chi connectivity index (χ0n) is 13.1. The van der Waals surface area contributed by atoms with Gasteiger partial charge in [0.25, 0.3) is 5.69 Å². The summed E-state index contributed by atoms with van der Waals surface area (Å²) in [6.45, 7) is 0. The summed E-state index contributed by atoms with van der Waals surface area (Å²) in [6, 6.07) is 15.0. The van der Waals surface area contributed by atoms with Gasteiger partial charge in [0.05, 0.1) is 4.92 Å². The van der Waals surface area contributed by atoms with Gasteiger partial charge in [0.2, 0.25) is 5.34 Å². The summed E-state index contributed by atoms with van der Waals surface area (Å²) in [5.74, 6) is 0. The normalized spacial score (nSPS) is 23.0. The lowest BCUT2D eigenvalue weighted by Crippen LogP contribution is -2.14. The summed E-state index contributed by atoms with van der Waals surface area (Å²) < 4.78 is 29.3. The number of ether oxygens (including phenoxy) is 1. The van der Waals surface area contributed by atoms with E-state index in [0.29, 0.717) is 11.1 Å². The summed E-state index contributed by atoms with van der Waals surface area (Å²) in [4.78, 5) is 10.3. The van der Waals surface area contributed by atoms with Gasteiger partial charge in [-0.15, -0.1) is 0 Å². The molecule has 0 aromatic heterocycles. The van der Waals surface area contributed by atoms with Crippen molar-refractivity contribution in [3.63, 3.8) is 0 Å². The van der Waals surface area contributed by atoms with Crippen molar-refractivity contribution in [1.29, 1.82) is 0 Å². The Morgan fingerprint density at radius 2 is 1.67 bits per heavy atom. The fourth-order valence-electron chi connectivity index (χ4n) is 2.82. The van der Waals surface area contributed by atoms with Gasteiger partial charge in [-0.3, -0.25) is 14.7 Å². The highest BCUT2D eigenvalue weighted by atomic mass is 31.2. The van der Waals surface area contributed by atoms with Gasteiger partial charge in [-0.05, 0) is 23.3 Å². The molecule has 0 unspecified atom stereocenters. The highest BCUT2D eigenvalue weighted by Crippen LogP contribution is 2.79. The third-order valence-electron chi connectivity index (χ3n) is 4.08. The predicted octanol–water partition coefficient (Wildman–Crippen LogP) is 4.01. The van der Waals surface area contributed by atoms with Crippen LogP contribution in [0.5, 0.6) is 0 Å². The highest BCUT2D eigenvalue weighted by molar-refractivity contribution is 7.55. The van der Waals surface area contributed by atoms with Crippen LogP contribution in [0.3, 0.4) is 0 Å². The fraction of sp³-hybridized carbons (Fsp3) is 0.250. The number of non-ortho nitro benzene ring substituents is 1. The highest BCUT2D eigenvalue weighted by Gasteiger charge is 2.71. The van der Waals surface area contributed by atoms with Gasteiger partial charge < -0.3 is 13.8 Å². The van der Waals surface area contributed by atoms with Crippen LogP contribution < -0.4 is 0 Å². The molecule has 1 aliphatic rings. The Morgan fingerprint density at radius 1 is 1.08 bits per heavy atom. The van der Waals surface area contributed by atoms with Crippen LogP contribution in [0.2, 0.25) is 0 Å². The average Bonchev–Trinajstić information content (AvgIpc) is 3.39. The van der Waals surface area contributed by atoms with Crippen LogP contribution in [-0.4, -0.2) is 19.1 Å². The maximum atomic E-state index is 13.1. The molecule has 2 aromatic carbocycles. The quantitative estimate of drug-likeness (QED) is 0.339. The van der Waals surface area contributed by atoms with E-state index in [0.717, 1.165) is 0 Å². The number of nitro groups is 1. The van der Waals surface area contributed by atoms with E-state index in [2.05, 4.69) is 0 Å². The van der Waals surface area contributed by atoms with Crippen molar-refractivity contribution in [2.24, 2.45) is 0 Å². The standard InChI is InChI=1S/C16H16NO6P/c1-21-24(20,22-2)16(13-6-4-3-5-7-13)15(23-16)12-8-10-14(11-9-12)17(18)19/h3-11,15H,1-2H3/t15-,16+/m0/s1. The minimum atomic E-state index is -3.60. The van der Waals surface area contributed by atoms with Crippen molar-refractivity contribution >= 4 is 13.3 Å². The number of hydrogen-bond acceptors (Lipinski definition) is 6. The molecule has 0 saturated carbocycles. The molecule has 3 rings (SSSR count). The van der Waals surface area contributed by atoms with E-state index in [1.807, 2.05) is 6.07 Å². The van der Waals surface area contributed by atoms with E-state index in [4.69, 9.17) is 13.8 Å². The molecule has 8 heteroatoms. The molecule has 1 fully saturated rings. The fourth-order valence-corrected chi connectivity index (χ4v) is 4.65. The van der Waals surface area contributed by atoms with Crippen molar-refractivity contribution < 1.29 is 23.3 Å². The molecule has 0 N–H and O–H groups in total. The Balaban J connectivity index is 2.04. The lowest BCUT2D eigenvalue weighted by atomic mass is 10.0. The number of nitro benzene ring substituents is 1. The summed E-state index contributed by atoms with van der Waals surface area (Å²) in [5, 5.41) is 9.53. The smallest absolute Gasteiger partial charge is 0.343 e. The molecule has 1 aliphatic heterocycles. The molecule has 0 aliphatic carbocycles. The van der Waals surface area contributed by atoms with Crippen molar-refractivity contribution in [3.05, 3.63) is 75.8 Å². The van der Waals surface area contributed by atoms with Crippen molar-refractivity contribution in [1.82, 2.24) is 0 Å². The maximum absolute atomic E-state index is 13.1. The summed E-state index contributed by atoms with van der Waals surface area (Å²) in [7, 11) is -0.985. The molecule has 0 amide bonds. The third-order valence-corrected chi connectivity index (χ3v) is 6.45. The molecule has 24 heavy (non-hydrogen) atoms. The van der Waals surface area contributed by atoms with Crippen molar-refractivity contribution in [3.8, 4) is 0 Å². The second kappa shape index (κ2) is 6.11. The van der Waals surface area contributed by atoms with Crippen LogP contribution in [0, 0.1) is 10.1 Å². The Bertz CT molecular complexity index is 786. The van der Waals surface area contributed by atoms with Crippen LogP contribution in [0.1, 0.15) is 17.2 Å². The zero-order chi connectivity index (χ0) is 17.4. The Hall–Kier alpha value is -2.05. The van der Waals surface area contributed by atoms with Crippen LogP contribution in [-0.2, 0) is 23.7 Å². The van der Waals surface area contributed by atoms with Crippen LogP contribution in [0.4, 0.5) is 5.69 Å². The lowest BCUT2D eigenvalue weighted by molar-refractivity contribution is -0.384. The van der Waals surface area contributed by atoms with Gasteiger partial charge in [0, 0.05) is 26.4 Å². The summed E-state index contributed by atoms with van der Waals surface area (Å²) in [6.07, 6.45) is -0.577.